The van der Waals surface area contributed by atoms with Crippen LogP contribution >= 0.6 is 0 Å². The maximum absolute atomic E-state index is 12.5. The zero-order valence-electron chi connectivity index (χ0n) is 12.9. The molecule has 0 radical (unpaired) electrons. The Morgan fingerprint density at radius 1 is 1.32 bits per heavy atom. The molecule has 6 nitrogen and oxygen atoms in total. The van der Waals surface area contributed by atoms with Crippen LogP contribution in [0.4, 0.5) is 0 Å². The van der Waals surface area contributed by atoms with Crippen LogP contribution in [-0.2, 0) is 4.79 Å². The third-order valence-corrected chi connectivity index (χ3v) is 3.48. The fourth-order valence-corrected chi connectivity index (χ4v) is 2.30. The van der Waals surface area contributed by atoms with Crippen molar-refractivity contribution in [1.82, 2.24) is 14.7 Å². The molecule has 1 heterocycles. The number of carbonyl (C=O) groups is 2. The molecule has 1 amide bonds. The van der Waals surface area contributed by atoms with E-state index in [1.807, 2.05) is 31.2 Å². The molecule has 0 aliphatic heterocycles. The molecule has 116 valence electrons. The van der Waals surface area contributed by atoms with Gasteiger partial charge in [0.15, 0.2) is 0 Å². The Hall–Kier alpha value is -2.63. The van der Waals surface area contributed by atoms with E-state index in [1.165, 1.54) is 11.1 Å². The third-order valence-electron chi connectivity index (χ3n) is 3.48. The largest absolute Gasteiger partial charge is 0.480 e. The van der Waals surface area contributed by atoms with Gasteiger partial charge in [-0.05, 0) is 38.5 Å². The van der Waals surface area contributed by atoms with Crippen LogP contribution in [0.5, 0.6) is 0 Å². The fourth-order valence-electron chi connectivity index (χ4n) is 2.30. The molecule has 22 heavy (non-hydrogen) atoms. The first-order chi connectivity index (χ1) is 10.4. The lowest BCUT2D eigenvalue weighted by atomic mass is 10.2. The summed E-state index contributed by atoms with van der Waals surface area (Å²) in [5.41, 5.74) is 3.09. The Morgan fingerprint density at radius 3 is 2.64 bits per heavy atom. The van der Waals surface area contributed by atoms with Gasteiger partial charge in [-0.25, -0.2) is 4.68 Å². The van der Waals surface area contributed by atoms with Gasteiger partial charge in [0.2, 0.25) is 0 Å². The van der Waals surface area contributed by atoms with Crippen molar-refractivity contribution in [2.45, 2.75) is 20.8 Å². The highest BCUT2D eigenvalue weighted by Crippen LogP contribution is 2.16. The highest BCUT2D eigenvalue weighted by molar-refractivity contribution is 5.96. The van der Waals surface area contributed by atoms with E-state index in [-0.39, 0.29) is 12.5 Å². The molecular formula is C16H19N3O3. The molecule has 1 N–H and O–H groups in total. The van der Waals surface area contributed by atoms with Crippen molar-refractivity contribution in [3.8, 4) is 5.69 Å². The lowest BCUT2D eigenvalue weighted by Gasteiger charge is -2.18. The number of nitrogens with zero attached hydrogens (tertiary/aromatic N) is 3. The van der Waals surface area contributed by atoms with E-state index in [4.69, 9.17) is 5.11 Å². The monoisotopic (exact) mass is 301 g/mol. The number of aryl methyl sites for hydroxylation is 1. The Morgan fingerprint density at radius 2 is 2.05 bits per heavy atom. The number of rotatable bonds is 5. The molecule has 0 bridgehead atoms. The molecule has 0 aliphatic carbocycles. The van der Waals surface area contributed by atoms with Gasteiger partial charge in [0, 0.05) is 6.54 Å². The summed E-state index contributed by atoms with van der Waals surface area (Å²) in [4.78, 5) is 24.6. The minimum atomic E-state index is -1.03. The van der Waals surface area contributed by atoms with Gasteiger partial charge in [0.05, 0.1) is 23.1 Å². The van der Waals surface area contributed by atoms with Gasteiger partial charge in [0.25, 0.3) is 5.91 Å². The van der Waals surface area contributed by atoms with Crippen LogP contribution in [0.25, 0.3) is 5.69 Å². The van der Waals surface area contributed by atoms with Crippen molar-refractivity contribution >= 4 is 11.9 Å². The van der Waals surface area contributed by atoms with E-state index in [2.05, 4.69) is 5.10 Å². The lowest BCUT2D eigenvalue weighted by molar-refractivity contribution is -0.137. The van der Waals surface area contributed by atoms with Gasteiger partial charge in [0.1, 0.15) is 6.54 Å². The number of likely N-dealkylation sites (N-methyl/N-ethyl adjacent to an activating group) is 1. The second-order valence-corrected chi connectivity index (χ2v) is 5.11. The minimum Gasteiger partial charge on any atom is -0.480 e. The van der Waals surface area contributed by atoms with Crippen LogP contribution in [0.15, 0.2) is 30.5 Å². The zero-order valence-corrected chi connectivity index (χ0v) is 12.9. The molecule has 0 aliphatic rings. The van der Waals surface area contributed by atoms with Crippen molar-refractivity contribution in [1.29, 1.82) is 0 Å². The number of aliphatic carboxylic acids is 1. The summed E-state index contributed by atoms with van der Waals surface area (Å²) < 4.78 is 1.69. The number of benzene rings is 1. The summed E-state index contributed by atoms with van der Waals surface area (Å²) in [5, 5.41) is 13.1. The van der Waals surface area contributed by atoms with E-state index >= 15 is 0 Å². The predicted octanol–water partition coefficient (Wildman–Crippen LogP) is 2.04. The molecular weight excluding hydrogens is 282 g/mol. The molecule has 0 unspecified atom stereocenters. The summed E-state index contributed by atoms with van der Waals surface area (Å²) in [5.74, 6) is -1.35. The van der Waals surface area contributed by atoms with Crippen molar-refractivity contribution in [2.75, 3.05) is 13.1 Å². The van der Waals surface area contributed by atoms with Gasteiger partial charge in [-0.15, -0.1) is 0 Å². The standard InChI is InChI=1S/C16H19N3O3/c1-4-18(10-15(20)21)16(22)14-9-17-19(12(14)3)13-7-5-6-11(2)8-13/h5-9H,4,10H2,1-3H3,(H,20,21). The van der Waals surface area contributed by atoms with Crippen molar-refractivity contribution < 1.29 is 14.7 Å². The maximum Gasteiger partial charge on any atom is 0.323 e. The van der Waals surface area contributed by atoms with E-state index in [9.17, 15) is 9.59 Å². The molecule has 0 fully saturated rings. The van der Waals surface area contributed by atoms with E-state index in [0.717, 1.165) is 11.3 Å². The SMILES string of the molecule is CCN(CC(=O)O)C(=O)c1cnn(-c2cccc(C)c2)c1C. The van der Waals surface area contributed by atoms with Crippen LogP contribution < -0.4 is 0 Å². The summed E-state index contributed by atoms with van der Waals surface area (Å²) in [7, 11) is 0. The fraction of sp³-hybridized carbons (Fsp3) is 0.312. The Bertz CT molecular complexity index is 706. The number of hydrogen-bond acceptors (Lipinski definition) is 3. The summed E-state index contributed by atoms with van der Waals surface area (Å²) >= 11 is 0. The van der Waals surface area contributed by atoms with Crippen LogP contribution in [0.3, 0.4) is 0 Å². The first kappa shape index (κ1) is 15.8. The molecule has 0 saturated heterocycles. The van der Waals surface area contributed by atoms with Crippen LogP contribution in [0.1, 0.15) is 28.5 Å². The molecule has 1 aromatic carbocycles. The Kier molecular flexibility index (Phi) is 4.60. The van der Waals surface area contributed by atoms with E-state index in [1.54, 1.807) is 18.5 Å². The minimum absolute atomic E-state index is 0.315. The van der Waals surface area contributed by atoms with Crippen LogP contribution in [0, 0.1) is 13.8 Å². The number of hydrogen-bond donors (Lipinski definition) is 1. The molecule has 6 heteroatoms. The second kappa shape index (κ2) is 6.43. The first-order valence-electron chi connectivity index (χ1n) is 7.06. The Labute approximate surface area is 129 Å². The second-order valence-electron chi connectivity index (χ2n) is 5.11. The van der Waals surface area contributed by atoms with Crippen LogP contribution in [-0.4, -0.2) is 44.8 Å². The number of aromatic nitrogens is 2. The molecule has 1 aromatic heterocycles. The molecule has 0 saturated carbocycles. The highest BCUT2D eigenvalue weighted by atomic mass is 16.4. The van der Waals surface area contributed by atoms with Gasteiger partial charge in [-0.3, -0.25) is 9.59 Å². The molecule has 2 rings (SSSR count). The summed E-state index contributed by atoms with van der Waals surface area (Å²) in [6.45, 7) is 5.56. The van der Waals surface area contributed by atoms with Gasteiger partial charge in [-0.2, -0.15) is 5.10 Å². The number of carboxylic acid groups (broad SMARTS) is 1. The predicted molar refractivity (Wildman–Crippen MR) is 82.3 cm³/mol. The number of amides is 1. The van der Waals surface area contributed by atoms with E-state index < -0.39 is 5.97 Å². The third kappa shape index (κ3) is 3.16. The zero-order chi connectivity index (χ0) is 16.3. The topological polar surface area (TPSA) is 75.4 Å². The lowest BCUT2D eigenvalue weighted by Crippen LogP contribution is -2.35. The van der Waals surface area contributed by atoms with E-state index in [0.29, 0.717) is 17.8 Å². The maximum atomic E-state index is 12.5. The smallest absolute Gasteiger partial charge is 0.323 e. The molecule has 0 spiro atoms. The van der Waals surface area contributed by atoms with Crippen LogP contribution in [0.2, 0.25) is 0 Å². The van der Waals surface area contributed by atoms with Crippen molar-refractivity contribution in [2.24, 2.45) is 0 Å². The summed E-state index contributed by atoms with van der Waals surface area (Å²) in [6.07, 6.45) is 1.49. The normalized spacial score (nSPS) is 10.5. The van der Waals surface area contributed by atoms with Crippen molar-refractivity contribution in [3.63, 3.8) is 0 Å². The van der Waals surface area contributed by atoms with Gasteiger partial charge >= 0.3 is 5.97 Å². The average molecular weight is 301 g/mol. The molecule has 2 aromatic rings. The van der Waals surface area contributed by atoms with Gasteiger partial charge < -0.3 is 10.0 Å². The summed E-state index contributed by atoms with van der Waals surface area (Å²) in [6, 6.07) is 7.80. The quantitative estimate of drug-likeness (QED) is 0.917. The van der Waals surface area contributed by atoms with Gasteiger partial charge in [-0.1, -0.05) is 12.1 Å². The number of carbonyl (C=O) groups excluding carboxylic acids is 1. The highest BCUT2D eigenvalue weighted by Gasteiger charge is 2.21. The Balaban J connectivity index is 2.34. The van der Waals surface area contributed by atoms with Crippen molar-refractivity contribution in [3.05, 3.63) is 47.3 Å². The number of carboxylic acids is 1. The first-order valence-corrected chi connectivity index (χ1v) is 7.06. The molecule has 0 atom stereocenters. The average Bonchev–Trinajstić information content (AvgIpc) is 2.85.